The summed E-state index contributed by atoms with van der Waals surface area (Å²) in [6.45, 7) is 1.92. The van der Waals surface area contributed by atoms with Crippen LogP contribution < -0.4 is 10.6 Å². The second kappa shape index (κ2) is 4.70. The van der Waals surface area contributed by atoms with Crippen LogP contribution in [0.3, 0.4) is 0 Å². The molecule has 3 heterocycles. The van der Waals surface area contributed by atoms with Crippen molar-refractivity contribution >= 4 is 33.3 Å². The molecule has 0 amide bonds. The topological polar surface area (TPSA) is 64.3 Å². The average molecular weight is 264 g/mol. The smallest absolute Gasteiger partial charge is 0.222 e. The minimum atomic E-state index is 0.352. The van der Waals surface area contributed by atoms with E-state index in [1.807, 2.05) is 11.4 Å². The first kappa shape index (κ1) is 11.7. The number of piperidine rings is 1. The van der Waals surface area contributed by atoms with Crippen LogP contribution in [-0.4, -0.2) is 36.3 Å². The van der Waals surface area contributed by atoms with Crippen molar-refractivity contribution in [1.29, 1.82) is 0 Å². The highest BCUT2D eigenvalue weighted by molar-refractivity contribution is 7.17. The van der Waals surface area contributed by atoms with Gasteiger partial charge in [-0.2, -0.15) is 4.98 Å². The Morgan fingerprint density at radius 3 is 2.89 bits per heavy atom. The number of anilines is 2. The number of thiophene rings is 1. The van der Waals surface area contributed by atoms with Gasteiger partial charge in [-0.15, -0.1) is 11.3 Å². The Labute approximate surface area is 110 Å². The molecule has 0 spiro atoms. The summed E-state index contributed by atoms with van der Waals surface area (Å²) in [4.78, 5) is 10.9. The highest BCUT2D eigenvalue weighted by Crippen LogP contribution is 2.31. The summed E-state index contributed by atoms with van der Waals surface area (Å²) in [6.07, 6.45) is 2.44. The van der Waals surface area contributed by atoms with E-state index in [-0.39, 0.29) is 0 Å². The predicted molar refractivity (Wildman–Crippen MR) is 74.1 cm³/mol. The fourth-order valence-electron chi connectivity index (χ4n) is 2.38. The van der Waals surface area contributed by atoms with Gasteiger partial charge in [0.25, 0.3) is 0 Å². The van der Waals surface area contributed by atoms with Crippen LogP contribution in [0.15, 0.2) is 11.4 Å². The Kier molecular flexibility index (Phi) is 3.05. The quantitative estimate of drug-likeness (QED) is 0.897. The molecule has 2 aromatic heterocycles. The van der Waals surface area contributed by atoms with Crippen LogP contribution in [-0.2, 0) is 4.74 Å². The maximum Gasteiger partial charge on any atom is 0.222 e. The number of methoxy groups -OCH3 is 1. The van der Waals surface area contributed by atoms with E-state index in [1.165, 1.54) is 0 Å². The maximum atomic E-state index is 5.78. The van der Waals surface area contributed by atoms with E-state index >= 15 is 0 Å². The van der Waals surface area contributed by atoms with Gasteiger partial charge in [-0.25, -0.2) is 4.98 Å². The average Bonchev–Trinajstić information content (AvgIpc) is 2.86. The van der Waals surface area contributed by atoms with Crippen LogP contribution in [0.2, 0.25) is 0 Å². The fraction of sp³-hybridized carbons (Fsp3) is 0.500. The molecule has 0 unspecified atom stereocenters. The number of rotatable bonds is 2. The van der Waals surface area contributed by atoms with Crippen molar-refractivity contribution in [3.8, 4) is 0 Å². The van der Waals surface area contributed by atoms with Gasteiger partial charge >= 0.3 is 0 Å². The van der Waals surface area contributed by atoms with E-state index in [4.69, 9.17) is 10.5 Å². The molecule has 2 N–H and O–H groups in total. The van der Waals surface area contributed by atoms with Gasteiger partial charge < -0.3 is 15.4 Å². The Bertz CT molecular complexity index is 548. The van der Waals surface area contributed by atoms with Crippen molar-refractivity contribution in [3.63, 3.8) is 0 Å². The molecule has 0 radical (unpaired) electrons. The molecule has 0 aliphatic carbocycles. The number of fused-ring (bicyclic) bond motifs is 1. The van der Waals surface area contributed by atoms with Crippen LogP contribution in [0.4, 0.5) is 11.8 Å². The number of ether oxygens (including phenoxy) is 1. The lowest BCUT2D eigenvalue weighted by molar-refractivity contribution is 0.0818. The van der Waals surface area contributed by atoms with E-state index in [0.717, 1.165) is 42.0 Å². The molecule has 0 saturated carbocycles. The highest BCUT2D eigenvalue weighted by Gasteiger charge is 2.22. The van der Waals surface area contributed by atoms with Crippen molar-refractivity contribution in [2.75, 3.05) is 30.8 Å². The molecule has 3 rings (SSSR count). The predicted octanol–water partition coefficient (Wildman–Crippen LogP) is 1.89. The number of aromatic nitrogens is 2. The van der Waals surface area contributed by atoms with Gasteiger partial charge in [-0.05, 0) is 24.3 Å². The van der Waals surface area contributed by atoms with Crippen molar-refractivity contribution in [1.82, 2.24) is 9.97 Å². The largest absolute Gasteiger partial charge is 0.381 e. The third kappa shape index (κ3) is 2.02. The molecule has 1 aliphatic rings. The van der Waals surface area contributed by atoms with Crippen molar-refractivity contribution < 1.29 is 4.74 Å². The summed E-state index contributed by atoms with van der Waals surface area (Å²) in [5.74, 6) is 1.33. The molecule has 1 fully saturated rings. The van der Waals surface area contributed by atoms with Crippen LogP contribution >= 0.6 is 11.3 Å². The molecule has 0 atom stereocenters. The zero-order chi connectivity index (χ0) is 12.5. The number of nitrogens with zero attached hydrogens (tertiary/aromatic N) is 3. The summed E-state index contributed by atoms with van der Waals surface area (Å²) < 4.78 is 6.52. The molecule has 0 bridgehead atoms. The molecule has 6 heteroatoms. The molecule has 5 nitrogen and oxygen atoms in total. The minimum Gasteiger partial charge on any atom is -0.381 e. The van der Waals surface area contributed by atoms with Crippen molar-refractivity contribution in [2.24, 2.45) is 0 Å². The lowest BCUT2D eigenvalue weighted by Crippen LogP contribution is -2.37. The van der Waals surface area contributed by atoms with E-state index in [0.29, 0.717) is 12.1 Å². The first-order chi connectivity index (χ1) is 8.78. The molecule has 96 valence electrons. The van der Waals surface area contributed by atoms with Crippen LogP contribution in [0, 0.1) is 0 Å². The van der Waals surface area contributed by atoms with Gasteiger partial charge in [-0.3, -0.25) is 0 Å². The first-order valence-corrected chi connectivity index (χ1v) is 6.94. The molecule has 2 aromatic rings. The van der Waals surface area contributed by atoms with Gasteiger partial charge in [0, 0.05) is 20.2 Å². The minimum absolute atomic E-state index is 0.352. The number of nitrogens with two attached hydrogens (primary N) is 1. The molecule has 1 aliphatic heterocycles. The molecular weight excluding hydrogens is 248 g/mol. The summed E-state index contributed by atoms with van der Waals surface area (Å²) in [5, 5.41) is 2.03. The first-order valence-electron chi connectivity index (χ1n) is 6.06. The SMILES string of the molecule is COC1CCN(c2nc(N)nc3ccsc23)CC1. The van der Waals surface area contributed by atoms with Gasteiger partial charge in [0.1, 0.15) is 0 Å². The lowest BCUT2D eigenvalue weighted by Gasteiger charge is -2.32. The van der Waals surface area contributed by atoms with E-state index in [9.17, 15) is 0 Å². The standard InChI is InChI=1S/C12H16N4OS/c1-17-8-2-5-16(6-3-8)11-10-9(4-7-18-10)14-12(13)15-11/h4,7-8H,2-3,5-6H2,1H3,(H2,13,14,15). The zero-order valence-electron chi connectivity index (χ0n) is 10.3. The summed E-state index contributed by atoms with van der Waals surface area (Å²) in [6, 6.07) is 1.99. The second-order valence-corrected chi connectivity index (χ2v) is 5.38. The summed E-state index contributed by atoms with van der Waals surface area (Å²) in [5.41, 5.74) is 6.72. The third-order valence-corrected chi connectivity index (χ3v) is 4.28. The van der Waals surface area contributed by atoms with Gasteiger partial charge in [0.2, 0.25) is 5.95 Å². The molecule has 1 saturated heterocycles. The summed E-state index contributed by atoms with van der Waals surface area (Å²) >= 11 is 1.67. The van der Waals surface area contributed by atoms with E-state index < -0.39 is 0 Å². The third-order valence-electron chi connectivity index (χ3n) is 3.38. The van der Waals surface area contributed by atoms with Gasteiger partial charge in [0.05, 0.1) is 16.3 Å². The maximum absolute atomic E-state index is 5.78. The second-order valence-electron chi connectivity index (χ2n) is 4.46. The van der Waals surface area contributed by atoms with Gasteiger partial charge in [0.15, 0.2) is 5.82 Å². The van der Waals surface area contributed by atoms with Crippen LogP contribution in [0.25, 0.3) is 10.2 Å². The zero-order valence-corrected chi connectivity index (χ0v) is 11.1. The van der Waals surface area contributed by atoms with Crippen molar-refractivity contribution in [3.05, 3.63) is 11.4 Å². The van der Waals surface area contributed by atoms with Crippen molar-refractivity contribution in [2.45, 2.75) is 18.9 Å². The molecule has 18 heavy (non-hydrogen) atoms. The monoisotopic (exact) mass is 264 g/mol. The Morgan fingerprint density at radius 1 is 1.39 bits per heavy atom. The fourth-order valence-corrected chi connectivity index (χ4v) is 3.23. The highest BCUT2D eigenvalue weighted by atomic mass is 32.1. The Balaban J connectivity index is 1.92. The number of nitrogen functional groups attached to an aromatic ring is 1. The van der Waals surface area contributed by atoms with Crippen LogP contribution in [0.1, 0.15) is 12.8 Å². The van der Waals surface area contributed by atoms with E-state index in [1.54, 1.807) is 18.4 Å². The Hall–Kier alpha value is -1.40. The van der Waals surface area contributed by atoms with E-state index in [2.05, 4.69) is 14.9 Å². The summed E-state index contributed by atoms with van der Waals surface area (Å²) in [7, 11) is 1.78. The van der Waals surface area contributed by atoms with Gasteiger partial charge in [-0.1, -0.05) is 0 Å². The molecule has 0 aromatic carbocycles. The Morgan fingerprint density at radius 2 is 2.17 bits per heavy atom. The molecular formula is C12H16N4OS. The normalized spacial score (nSPS) is 17.5. The van der Waals surface area contributed by atoms with Crippen LogP contribution in [0.5, 0.6) is 0 Å². The number of hydrogen-bond acceptors (Lipinski definition) is 6. The lowest BCUT2D eigenvalue weighted by atomic mass is 10.1. The number of hydrogen-bond donors (Lipinski definition) is 1.